The highest BCUT2D eigenvalue weighted by atomic mass is 16.5. The van der Waals surface area contributed by atoms with Crippen LogP contribution in [-0.2, 0) is 16.0 Å². The normalized spacial score (nSPS) is 15.5. The fraction of sp³-hybridized carbons (Fsp3) is 0.308. The molecule has 16 heavy (non-hydrogen) atoms. The van der Waals surface area contributed by atoms with Gasteiger partial charge < -0.3 is 9.64 Å². The molecule has 0 saturated carbocycles. The molecule has 3 heteroatoms. The summed E-state index contributed by atoms with van der Waals surface area (Å²) in [5.74, 6) is 0.105. The molecule has 0 bridgehead atoms. The molecule has 0 N–H and O–H groups in total. The second kappa shape index (κ2) is 4.49. The highest BCUT2D eigenvalue weighted by Gasteiger charge is 2.19. The Hall–Kier alpha value is -1.61. The van der Waals surface area contributed by atoms with Gasteiger partial charge in [0.1, 0.15) is 0 Å². The number of likely N-dealkylation sites (N-methyl/N-ethyl adjacent to an activating group) is 1. The SMILES string of the molecule is COCC1=Cc2ccccc2CC(=O)N1C. The van der Waals surface area contributed by atoms with Gasteiger partial charge in [-0.05, 0) is 17.2 Å². The van der Waals surface area contributed by atoms with E-state index in [-0.39, 0.29) is 5.91 Å². The molecular formula is C13H15NO2. The van der Waals surface area contributed by atoms with Crippen molar-refractivity contribution in [2.24, 2.45) is 0 Å². The molecule has 0 saturated heterocycles. The van der Waals surface area contributed by atoms with Gasteiger partial charge in [0.15, 0.2) is 0 Å². The summed E-state index contributed by atoms with van der Waals surface area (Å²) in [7, 11) is 3.43. The smallest absolute Gasteiger partial charge is 0.230 e. The number of hydrogen-bond donors (Lipinski definition) is 0. The summed E-state index contributed by atoms with van der Waals surface area (Å²) in [6, 6.07) is 7.96. The van der Waals surface area contributed by atoms with Crippen molar-refractivity contribution in [1.29, 1.82) is 0 Å². The molecule has 0 spiro atoms. The quantitative estimate of drug-likeness (QED) is 0.754. The van der Waals surface area contributed by atoms with Crippen molar-refractivity contribution in [2.75, 3.05) is 20.8 Å². The van der Waals surface area contributed by atoms with Crippen LogP contribution in [0.25, 0.3) is 6.08 Å². The molecule has 1 aromatic rings. The van der Waals surface area contributed by atoms with E-state index >= 15 is 0 Å². The van der Waals surface area contributed by atoms with E-state index in [1.165, 1.54) is 0 Å². The average molecular weight is 217 g/mol. The van der Waals surface area contributed by atoms with Crippen LogP contribution in [0.15, 0.2) is 30.0 Å². The summed E-state index contributed by atoms with van der Waals surface area (Å²) in [5, 5.41) is 0. The first-order valence-corrected chi connectivity index (χ1v) is 5.26. The molecule has 1 aromatic carbocycles. The summed E-state index contributed by atoms with van der Waals surface area (Å²) in [4.78, 5) is 13.6. The van der Waals surface area contributed by atoms with Crippen LogP contribution in [0.2, 0.25) is 0 Å². The van der Waals surface area contributed by atoms with E-state index < -0.39 is 0 Å². The molecule has 1 aliphatic rings. The zero-order valence-corrected chi connectivity index (χ0v) is 9.56. The van der Waals surface area contributed by atoms with Crippen LogP contribution in [0.4, 0.5) is 0 Å². The predicted molar refractivity (Wildman–Crippen MR) is 62.8 cm³/mol. The average Bonchev–Trinajstić information content (AvgIpc) is 2.40. The number of fused-ring (bicyclic) bond motifs is 1. The molecule has 84 valence electrons. The Bertz CT molecular complexity index is 437. The number of ether oxygens (including phenoxy) is 1. The monoisotopic (exact) mass is 217 g/mol. The van der Waals surface area contributed by atoms with E-state index in [0.717, 1.165) is 16.8 Å². The Labute approximate surface area is 95.3 Å². The zero-order chi connectivity index (χ0) is 11.5. The van der Waals surface area contributed by atoms with Crippen LogP contribution in [0.5, 0.6) is 0 Å². The minimum Gasteiger partial charge on any atom is -0.378 e. The predicted octanol–water partition coefficient (Wildman–Crippen LogP) is 1.69. The Morgan fingerprint density at radius 3 is 2.88 bits per heavy atom. The van der Waals surface area contributed by atoms with Crippen molar-refractivity contribution in [3.05, 3.63) is 41.1 Å². The third kappa shape index (κ3) is 1.99. The largest absolute Gasteiger partial charge is 0.378 e. The summed E-state index contributed by atoms with van der Waals surface area (Å²) >= 11 is 0. The van der Waals surface area contributed by atoms with Crippen LogP contribution in [0.3, 0.4) is 0 Å². The molecule has 2 rings (SSSR count). The molecule has 0 aliphatic carbocycles. The fourth-order valence-electron chi connectivity index (χ4n) is 1.84. The third-order valence-corrected chi connectivity index (χ3v) is 2.82. The van der Waals surface area contributed by atoms with E-state index in [4.69, 9.17) is 4.74 Å². The van der Waals surface area contributed by atoms with Gasteiger partial charge in [0.2, 0.25) is 5.91 Å². The van der Waals surface area contributed by atoms with E-state index in [1.54, 1.807) is 19.1 Å². The number of carbonyl (C=O) groups excluding carboxylic acids is 1. The van der Waals surface area contributed by atoms with Gasteiger partial charge in [-0.1, -0.05) is 24.3 Å². The Morgan fingerprint density at radius 2 is 2.12 bits per heavy atom. The first-order chi connectivity index (χ1) is 7.72. The standard InChI is InChI=1S/C13H15NO2/c1-14-12(9-16-2)7-10-5-3-4-6-11(10)8-13(14)15/h3-7H,8-9H2,1-2H3. The molecule has 1 aliphatic heterocycles. The number of methoxy groups -OCH3 is 1. The van der Waals surface area contributed by atoms with E-state index in [1.807, 2.05) is 30.3 Å². The van der Waals surface area contributed by atoms with E-state index in [9.17, 15) is 4.79 Å². The molecule has 0 radical (unpaired) electrons. The lowest BCUT2D eigenvalue weighted by Gasteiger charge is -2.18. The minimum absolute atomic E-state index is 0.105. The van der Waals surface area contributed by atoms with Gasteiger partial charge in [-0.2, -0.15) is 0 Å². The highest BCUT2D eigenvalue weighted by Crippen LogP contribution is 2.20. The van der Waals surface area contributed by atoms with Crippen molar-refractivity contribution in [3.63, 3.8) is 0 Å². The maximum Gasteiger partial charge on any atom is 0.230 e. The lowest BCUT2D eigenvalue weighted by atomic mass is 10.0. The Morgan fingerprint density at radius 1 is 1.38 bits per heavy atom. The highest BCUT2D eigenvalue weighted by molar-refractivity contribution is 5.84. The number of nitrogens with zero attached hydrogens (tertiary/aromatic N) is 1. The lowest BCUT2D eigenvalue weighted by molar-refractivity contribution is -0.127. The van der Waals surface area contributed by atoms with Gasteiger partial charge in [-0.3, -0.25) is 4.79 Å². The second-order valence-corrected chi connectivity index (χ2v) is 3.90. The molecule has 0 fully saturated rings. The van der Waals surface area contributed by atoms with Crippen LogP contribution >= 0.6 is 0 Å². The van der Waals surface area contributed by atoms with E-state index in [0.29, 0.717) is 13.0 Å². The number of rotatable bonds is 2. The van der Waals surface area contributed by atoms with Crippen molar-refractivity contribution in [1.82, 2.24) is 4.90 Å². The molecule has 3 nitrogen and oxygen atoms in total. The first kappa shape index (κ1) is 10.9. The maximum absolute atomic E-state index is 11.9. The number of hydrogen-bond acceptors (Lipinski definition) is 2. The summed E-state index contributed by atoms with van der Waals surface area (Å²) in [6.45, 7) is 0.455. The number of amides is 1. The number of carbonyl (C=O) groups is 1. The van der Waals surface area contributed by atoms with Gasteiger partial charge in [-0.15, -0.1) is 0 Å². The maximum atomic E-state index is 11.9. The topological polar surface area (TPSA) is 29.5 Å². The molecular weight excluding hydrogens is 202 g/mol. The van der Waals surface area contributed by atoms with Crippen LogP contribution in [0.1, 0.15) is 11.1 Å². The lowest BCUT2D eigenvalue weighted by Crippen LogP contribution is -2.28. The fourth-order valence-corrected chi connectivity index (χ4v) is 1.84. The van der Waals surface area contributed by atoms with E-state index in [2.05, 4.69) is 0 Å². The second-order valence-electron chi connectivity index (χ2n) is 3.90. The van der Waals surface area contributed by atoms with Crippen LogP contribution < -0.4 is 0 Å². The van der Waals surface area contributed by atoms with Gasteiger partial charge in [0.25, 0.3) is 0 Å². The van der Waals surface area contributed by atoms with Crippen molar-refractivity contribution in [2.45, 2.75) is 6.42 Å². The molecule has 1 heterocycles. The minimum atomic E-state index is 0.105. The van der Waals surface area contributed by atoms with Crippen molar-refractivity contribution < 1.29 is 9.53 Å². The zero-order valence-electron chi connectivity index (χ0n) is 9.56. The Balaban J connectivity index is 2.45. The van der Waals surface area contributed by atoms with Crippen molar-refractivity contribution >= 4 is 12.0 Å². The number of benzene rings is 1. The summed E-state index contributed by atoms with van der Waals surface area (Å²) in [6.07, 6.45) is 2.47. The molecule has 0 aromatic heterocycles. The molecule has 0 unspecified atom stereocenters. The Kier molecular flexibility index (Phi) is 3.06. The molecule has 1 amide bonds. The first-order valence-electron chi connectivity index (χ1n) is 5.26. The van der Waals surface area contributed by atoms with Gasteiger partial charge >= 0.3 is 0 Å². The van der Waals surface area contributed by atoms with Crippen LogP contribution in [-0.4, -0.2) is 31.6 Å². The van der Waals surface area contributed by atoms with Gasteiger partial charge in [-0.25, -0.2) is 0 Å². The van der Waals surface area contributed by atoms with Crippen molar-refractivity contribution in [3.8, 4) is 0 Å². The van der Waals surface area contributed by atoms with Gasteiger partial charge in [0.05, 0.1) is 13.0 Å². The summed E-state index contributed by atoms with van der Waals surface area (Å²) < 4.78 is 5.11. The van der Waals surface area contributed by atoms with Crippen LogP contribution in [0, 0.1) is 0 Å². The summed E-state index contributed by atoms with van der Waals surface area (Å²) in [5.41, 5.74) is 3.08. The molecule has 0 atom stereocenters. The van der Waals surface area contributed by atoms with Gasteiger partial charge in [0, 0.05) is 19.9 Å². The third-order valence-electron chi connectivity index (χ3n) is 2.82.